The molecule has 33 heavy (non-hydrogen) atoms. The minimum Gasteiger partial charge on any atom is -0.450 e. The molecule has 3 aromatic rings. The molecule has 3 rings (SSSR count). The summed E-state index contributed by atoms with van der Waals surface area (Å²) in [5.41, 5.74) is 0.955. The Morgan fingerprint density at radius 2 is 1.76 bits per heavy atom. The van der Waals surface area contributed by atoms with Crippen LogP contribution in [0.15, 0.2) is 72.3 Å². The van der Waals surface area contributed by atoms with Crippen molar-refractivity contribution < 1.29 is 19.4 Å². The molecule has 1 amide bonds. The van der Waals surface area contributed by atoms with Crippen LogP contribution >= 0.6 is 0 Å². The predicted octanol–water partition coefficient (Wildman–Crippen LogP) is 5.15. The van der Waals surface area contributed by atoms with Gasteiger partial charge in [-0.25, -0.2) is 0 Å². The first-order valence-electron chi connectivity index (χ1n) is 9.47. The molecule has 0 aliphatic heterocycles. The van der Waals surface area contributed by atoms with Gasteiger partial charge in [-0.05, 0) is 54.5 Å². The zero-order valence-electron chi connectivity index (χ0n) is 17.2. The van der Waals surface area contributed by atoms with Crippen molar-refractivity contribution in [2.45, 2.75) is 6.92 Å². The molecule has 164 valence electrons. The van der Waals surface area contributed by atoms with E-state index in [1.54, 1.807) is 30.3 Å². The zero-order chi connectivity index (χ0) is 24.0. The van der Waals surface area contributed by atoms with Crippen molar-refractivity contribution in [2.24, 2.45) is 0 Å². The summed E-state index contributed by atoms with van der Waals surface area (Å²) in [7, 11) is 0. The van der Waals surface area contributed by atoms with E-state index in [0.29, 0.717) is 11.3 Å². The summed E-state index contributed by atoms with van der Waals surface area (Å²) in [6.07, 6.45) is 1.39. The van der Waals surface area contributed by atoms with Crippen LogP contribution in [0.1, 0.15) is 11.1 Å². The van der Waals surface area contributed by atoms with Gasteiger partial charge in [-0.15, -0.1) is 0 Å². The molecule has 0 atom stereocenters. The van der Waals surface area contributed by atoms with E-state index in [4.69, 9.17) is 4.74 Å². The van der Waals surface area contributed by atoms with Crippen LogP contribution in [0, 0.1) is 38.5 Å². The SMILES string of the molecule is Cc1cccc(NC(=O)/C(C#N)=C\c2ccc(Oc3ccc([N+](=O)[O-])cc3[N+](=O)[O-])cc2)c1. The Hall–Kier alpha value is -5.04. The number of hydrogen-bond donors (Lipinski definition) is 1. The van der Waals surface area contributed by atoms with E-state index < -0.39 is 27.1 Å². The molecular weight excluding hydrogens is 428 g/mol. The largest absolute Gasteiger partial charge is 0.450 e. The smallest absolute Gasteiger partial charge is 0.318 e. The summed E-state index contributed by atoms with van der Waals surface area (Å²) in [6, 6.07) is 18.2. The number of non-ortho nitro benzene ring substituents is 1. The summed E-state index contributed by atoms with van der Waals surface area (Å²) < 4.78 is 5.50. The number of carbonyl (C=O) groups excluding carboxylic acids is 1. The van der Waals surface area contributed by atoms with E-state index in [1.165, 1.54) is 18.2 Å². The van der Waals surface area contributed by atoms with Crippen molar-refractivity contribution in [3.8, 4) is 17.6 Å². The predicted molar refractivity (Wildman–Crippen MR) is 120 cm³/mol. The number of nitro groups is 2. The topological polar surface area (TPSA) is 148 Å². The second-order valence-electron chi connectivity index (χ2n) is 6.83. The van der Waals surface area contributed by atoms with Gasteiger partial charge in [-0.3, -0.25) is 25.0 Å². The van der Waals surface area contributed by atoms with Crippen molar-refractivity contribution >= 4 is 29.0 Å². The average molecular weight is 444 g/mol. The molecule has 0 bridgehead atoms. The first kappa shape index (κ1) is 22.6. The highest BCUT2D eigenvalue weighted by molar-refractivity contribution is 6.09. The van der Waals surface area contributed by atoms with Gasteiger partial charge in [0.15, 0.2) is 0 Å². The molecule has 0 saturated heterocycles. The van der Waals surface area contributed by atoms with Crippen molar-refractivity contribution in [1.29, 1.82) is 5.26 Å². The number of nitrogens with zero attached hydrogens (tertiary/aromatic N) is 3. The van der Waals surface area contributed by atoms with E-state index in [-0.39, 0.29) is 17.1 Å². The number of aryl methyl sites for hydroxylation is 1. The second kappa shape index (κ2) is 9.84. The van der Waals surface area contributed by atoms with Crippen molar-refractivity contribution in [3.05, 3.63) is 104 Å². The third-order valence-corrected chi connectivity index (χ3v) is 4.41. The van der Waals surface area contributed by atoms with Gasteiger partial charge in [0, 0.05) is 11.8 Å². The molecular formula is C23H16N4O6. The average Bonchev–Trinajstić information content (AvgIpc) is 2.78. The zero-order valence-corrected chi connectivity index (χ0v) is 17.2. The molecule has 0 unspecified atom stereocenters. The highest BCUT2D eigenvalue weighted by Gasteiger charge is 2.21. The lowest BCUT2D eigenvalue weighted by Gasteiger charge is -2.07. The summed E-state index contributed by atoms with van der Waals surface area (Å²) >= 11 is 0. The van der Waals surface area contributed by atoms with E-state index in [1.807, 2.05) is 19.1 Å². The van der Waals surface area contributed by atoms with E-state index in [9.17, 15) is 30.3 Å². The lowest BCUT2D eigenvalue weighted by atomic mass is 10.1. The third-order valence-electron chi connectivity index (χ3n) is 4.41. The van der Waals surface area contributed by atoms with Crippen LogP contribution in [-0.2, 0) is 4.79 Å². The maximum Gasteiger partial charge on any atom is 0.318 e. The van der Waals surface area contributed by atoms with Crippen LogP contribution < -0.4 is 10.1 Å². The van der Waals surface area contributed by atoms with Crippen LogP contribution in [0.2, 0.25) is 0 Å². The van der Waals surface area contributed by atoms with Gasteiger partial charge in [0.1, 0.15) is 17.4 Å². The number of anilines is 1. The number of nitriles is 1. The number of amides is 1. The second-order valence-corrected chi connectivity index (χ2v) is 6.83. The highest BCUT2D eigenvalue weighted by atomic mass is 16.6. The molecule has 10 nitrogen and oxygen atoms in total. The van der Waals surface area contributed by atoms with E-state index in [0.717, 1.165) is 23.8 Å². The van der Waals surface area contributed by atoms with Crippen LogP contribution in [-0.4, -0.2) is 15.8 Å². The van der Waals surface area contributed by atoms with Gasteiger partial charge in [0.05, 0.1) is 15.9 Å². The van der Waals surface area contributed by atoms with Crippen molar-refractivity contribution in [2.75, 3.05) is 5.32 Å². The fraction of sp³-hybridized carbons (Fsp3) is 0.0435. The fourth-order valence-electron chi connectivity index (χ4n) is 2.84. The first-order valence-corrected chi connectivity index (χ1v) is 9.47. The van der Waals surface area contributed by atoms with Gasteiger partial charge >= 0.3 is 5.69 Å². The minimum absolute atomic E-state index is 0.115. The molecule has 0 heterocycles. The summed E-state index contributed by atoms with van der Waals surface area (Å²) in [6.45, 7) is 1.88. The first-order chi connectivity index (χ1) is 15.8. The maximum atomic E-state index is 12.4. The van der Waals surface area contributed by atoms with Crippen LogP contribution in [0.25, 0.3) is 6.08 Å². The number of nitro benzene ring substituents is 2. The molecule has 0 saturated carbocycles. The van der Waals surface area contributed by atoms with E-state index in [2.05, 4.69) is 5.32 Å². The van der Waals surface area contributed by atoms with Crippen LogP contribution in [0.3, 0.4) is 0 Å². The van der Waals surface area contributed by atoms with Crippen molar-refractivity contribution in [3.63, 3.8) is 0 Å². The van der Waals surface area contributed by atoms with E-state index >= 15 is 0 Å². The summed E-state index contributed by atoms with van der Waals surface area (Å²) in [5, 5.41) is 34.1. The highest BCUT2D eigenvalue weighted by Crippen LogP contribution is 2.34. The number of benzene rings is 3. The number of carbonyl (C=O) groups is 1. The quantitative estimate of drug-likeness (QED) is 0.229. The molecule has 0 radical (unpaired) electrons. The molecule has 0 aromatic heterocycles. The normalized spacial score (nSPS) is 10.7. The lowest BCUT2D eigenvalue weighted by Crippen LogP contribution is -2.13. The molecule has 0 aliphatic rings. The Morgan fingerprint density at radius 1 is 1.03 bits per heavy atom. The minimum atomic E-state index is -0.772. The Kier molecular flexibility index (Phi) is 6.75. The molecule has 0 fully saturated rings. The Morgan fingerprint density at radius 3 is 2.36 bits per heavy atom. The molecule has 1 N–H and O–H groups in total. The van der Waals surface area contributed by atoms with Gasteiger partial charge in [-0.2, -0.15) is 5.26 Å². The molecule has 3 aromatic carbocycles. The monoisotopic (exact) mass is 444 g/mol. The number of hydrogen-bond acceptors (Lipinski definition) is 7. The standard InChI is InChI=1S/C23H16N4O6/c1-15-3-2-4-18(11-15)25-23(28)17(14-24)12-16-5-8-20(9-6-16)33-22-10-7-19(26(29)30)13-21(22)27(31)32/h2-13H,1H3,(H,25,28)/b17-12-. The third kappa shape index (κ3) is 5.77. The number of rotatable bonds is 7. The van der Waals surface area contributed by atoms with Crippen LogP contribution in [0.5, 0.6) is 11.5 Å². The molecule has 0 spiro atoms. The van der Waals surface area contributed by atoms with Gasteiger partial charge < -0.3 is 10.1 Å². The van der Waals surface area contributed by atoms with Gasteiger partial charge in [0.2, 0.25) is 5.75 Å². The van der Waals surface area contributed by atoms with Gasteiger partial charge in [0.25, 0.3) is 11.6 Å². The van der Waals surface area contributed by atoms with Crippen LogP contribution in [0.4, 0.5) is 17.1 Å². The molecule has 0 aliphatic carbocycles. The fourth-order valence-corrected chi connectivity index (χ4v) is 2.84. The lowest BCUT2D eigenvalue weighted by molar-refractivity contribution is -0.394. The summed E-state index contributed by atoms with van der Waals surface area (Å²) in [5.74, 6) is -0.499. The summed E-state index contributed by atoms with van der Waals surface area (Å²) in [4.78, 5) is 33.0. The molecule has 10 heteroatoms. The number of nitrogens with one attached hydrogen (secondary N) is 1. The number of ether oxygens (including phenoxy) is 1. The Labute approximate surface area is 187 Å². The Balaban J connectivity index is 1.77. The Bertz CT molecular complexity index is 1310. The maximum absolute atomic E-state index is 12.4. The van der Waals surface area contributed by atoms with Gasteiger partial charge in [-0.1, -0.05) is 24.3 Å². The van der Waals surface area contributed by atoms with Crippen molar-refractivity contribution in [1.82, 2.24) is 0 Å².